The summed E-state index contributed by atoms with van der Waals surface area (Å²) in [6, 6.07) is 5.96. The molecule has 0 bridgehead atoms. The van der Waals surface area contributed by atoms with Crippen molar-refractivity contribution in [3.05, 3.63) is 18.2 Å². The van der Waals surface area contributed by atoms with Crippen molar-refractivity contribution in [3.63, 3.8) is 0 Å². The second-order valence-corrected chi connectivity index (χ2v) is 2.65. The Morgan fingerprint density at radius 2 is 2.25 bits per heavy atom. The van der Waals surface area contributed by atoms with E-state index in [2.05, 4.69) is 22.1 Å². The topological polar surface area (TPSA) is 28.2 Å². The van der Waals surface area contributed by atoms with E-state index in [-0.39, 0.29) is 0 Å². The summed E-state index contributed by atoms with van der Waals surface area (Å²) in [5.74, 6) is 1.91. The zero-order valence-corrected chi connectivity index (χ0v) is 7.83. The fourth-order valence-corrected chi connectivity index (χ4v) is 0.937. The molecule has 0 atom stereocenters. The van der Waals surface area contributed by atoms with E-state index in [4.69, 9.17) is 0 Å². The molecule has 0 aliphatic rings. The summed E-state index contributed by atoms with van der Waals surface area (Å²) in [6.07, 6.45) is 0. The van der Waals surface area contributed by atoms with E-state index >= 15 is 0 Å². The van der Waals surface area contributed by atoms with Gasteiger partial charge in [-0.3, -0.25) is 0 Å². The fraction of sp³-hybridized carbons (Fsp3) is 0.444. The highest BCUT2D eigenvalue weighted by Crippen LogP contribution is 2.11. The van der Waals surface area contributed by atoms with Crippen LogP contribution in [0.3, 0.4) is 0 Å². The van der Waals surface area contributed by atoms with Gasteiger partial charge in [-0.25, -0.2) is 4.98 Å². The first-order chi connectivity index (χ1) is 5.77. The van der Waals surface area contributed by atoms with Crippen molar-refractivity contribution in [1.82, 2.24) is 4.98 Å². The molecular formula is C9H15N3. The van der Waals surface area contributed by atoms with Gasteiger partial charge in [-0.1, -0.05) is 6.07 Å². The third-order valence-corrected chi connectivity index (χ3v) is 1.86. The van der Waals surface area contributed by atoms with E-state index < -0.39 is 0 Å². The molecule has 1 aromatic heterocycles. The second kappa shape index (κ2) is 3.95. The second-order valence-electron chi connectivity index (χ2n) is 2.65. The molecule has 0 saturated carbocycles. The lowest BCUT2D eigenvalue weighted by atomic mass is 10.4. The quantitative estimate of drug-likeness (QED) is 0.737. The van der Waals surface area contributed by atoms with E-state index in [1.54, 1.807) is 0 Å². The van der Waals surface area contributed by atoms with Crippen LogP contribution in [0, 0.1) is 0 Å². The summed E-state index contributed by atoms with van der Waals surface area (Å²) in [4.78, 5) is 6.47. The van der Waals surface area contributed by atoms with Crippen molar-refractivity contribution >= 4 is 11.6 Å². The highest BCUT2D eigenvalue weighted by Gasteiger charge is 1.98. The van der Waals surface area contributed by atoms with Crippen LogP contribution in [0.5, 0.6) is 0 Å². The Labute approximate surface area is 73.4 Å². The molecule has 3 heteroatoms. The summed E-state index contributed by atoms with van der Waals surface area (Å²) >= 11 is 0. The number of anilines is 2. The molecule has 0 unspecified atom stereocenters. The highest BCUT2D eigenvalue weighted by atomic mass is 15.2. The van der Waals surface area contributed by atoms with Crippen LogP contribution >= 0.6 is 0 Å². The van der Waals surface area contributed by atoms with Crippen molar-refractivity contribution in [2.24, 2.45) is 0 Å². The normalized spacial score (nSPS) is 9.58. The maximum Gasteiger partial charge on any atom is 0.130 e. The lowest BCUT2D eigenvalue weighted by molar-refractivity contribution is 0.939. The molecule has 0 aliphatic carbocycles. The lowest BCUT2D eigenvalue weighted by Crippen LogP contribution is -2.17. The van der Waals surface area contributed by atoms with E-state index in [9.17, 15) is 0 Å². The number of nitrogens with zero attached hydrogens (tertiary/aromatic N) is 2. The summed E-state index contributed by atoms with van der Waals surface area (Å²) in [5, 5.41) is 3.01. The SMILES string of the molecule is CCN(C)c1cccc(NC)n1. The van der Waals surface area contributed by atoms with E-state index in [1.807, 2.05) is 32.3 Å². The van der Waals surface area contributed by atoms with Gasteiger partial charge >= 0.3 is 0 Å². The number of pyridine rings is 1. The molecule has 3 nitrogen and oxygen atoms in total. The molecule has 0 amide bonds. The molecule has 12 heavy (non-hydrogen) atoms. The van der Waals surface area contributed by atoms with Gasteiger partial charge in [-0.15, -0.1) is 0 Å². The third-order valence-electron chi connectivity index (χ3n) is 1.86. The Kier molecular flexibility index (Phi) is 2.91. The van der Waals surface area contributed by atoms with Crippen molar-refractivity contribution in [3.8, 4) is 0 Å². The number of rotatable bonds is 3. The predicted molar refractivity (Wildman–Crippen MR) is 52.7 cm³/mol. The molecule has 1 N–H and O–H groups in total. The van der Waals surface area contributed by atoms with Crippen LogP contribution < -0.4 is 10.2 Å². The van der Waals surface area contributed by atoms with Gasteiger partial charge in [-0.05, 0) is 19.1 Å². The molecule has 0 spiro atoms. The minimum absolute atomic E-state index is 0.910. The maximum atomic E-state index is 4.38. The highest BCUT2D eigenvalue weighted by molar-refractivity contribution is 5.45. The minimum Gasteiger partial charge on any atom is -0.373 e. The smallest absolute Gasteiger partial charge is 0.130 e. The maximum absolute atomic E-state index is 4.38. The third kappa shape index (κ3) is 1.87. The molecule has 1 rings (SSSR count). The van der Waals surface area contributed by atoms with Crippen LogP contribution in [0.1, 0.15) is 6.92 Å². The molecule has 0 fully saturated rings. The molecule has 0 radical (unpaired) electrons. The van der Waals surface area contributed by atoms with Gasteiger partial charge in [0.05, 0.1) is 0 Å². The average Bonchev–Trinajstić information content (AvgIpc) is 2.17. The van der Waals surface area contributed by atoms with Gasteiger partial charge in [0.15, 0.2) is 0 Å². The molecule has 0 saturated heterocycles. The van der Waals surface area contributed by atoms with Crippen molar-refractivity contribution < 1.29 is 0 Å². The van der Waals surface area contributed by atoms with Crippen LogP contribution in [0.25, 0.3) is 0 Å². The molecule has 1 heterocycles. The van der Waals surface area contributed by atoms with Gasteiger partial charge in [0.25, 0.3) is 0 Å². The zero-order valence-electron chi connectivity index (χ0n) is 7.83. The van der Waals surface area contributed by atoms with Crippen LogP contribution in [-0.2, 0) is 0 Å². The van der Waals surface area contributed by atoms with Gasteiger partial charge < -0.3 is 10.2 Å². The summed E-state index contributed by atoms with van der Waals surface area (Å²) < 4.78 is 0. The van der Waals surface area contributed by atoms with Crippen molar-refractivity contribution in [2.45, 2.75) is 6.92 Å². The average molecular weight is 165 g/mol. The first-order valence-corrected chi connectivity index (χ1v) is 4.14. The monoisotopic (exact) mass is 165 g/mol. The van der Waals surface area contributed by atoms with Crippen LogP contribution in [-0.4, -0.2) is 25.6 Å². The van der Waals surface area contributed by atoms with Crippen LogP contribution in [0.4, 0.5) is 11.6 Å². The predicted octanol–water partition coefficient (Wildman–Crippen LogP) is 1.58. The largest absolute Gasteiger partial charge is 0.373 e. The Bertz CT molecular complexity index is 247. The van der Waals surface area contributed by atoms with Gasteiger partial charge in [0.2, 0.25) is 0 Å². The summed E-state index contributed by atoms with van der Waals surface area (Å²) in [6.45, 7) is 3.08. The Morgan fingerprint density at radius 3 is 2.83 bits per heavy atom. The molecule has 1 aromatic rings. The van der Waals surface area contributed by atoms with E-state index in [0.717, 1.165) is 18.2 Å². The summed E-state index contributed by atoms with van der Waals surface area (Å²) in [5.41, 5.74) is 0. The van der Waals surface area contributed by atoms with E-state index in [0.29, 0.717) is 0 Å². The molecular weight excluding hydrogens is 150 g/mol. The van der Waals surface area contributed by atoms with Gasteiger partial charge in [-0.2, -0.15) is 0 Å². The van der Waals surface area contributed by atoms with Gasteiger partial charge in [0.1, 0.15) is 11.6 Å². The number of hydrogen-bond donors (Lipinski definition) is 1. The first-order valence-electron chi connectivity index (χ1n) is 4.14. The Hall–Kier alpha value is -1.25. The van der Waals surface area contributed by atoms with Crippen LogP contribution in [0.2, 0.25) is 0 Å². The Morgan fingerprint density at radius 1 is 1.50 bits per heavy atom. The molecule has 66 valence electrons. The molecule has 0 aliphatic heterocycles. The van der Waals surface area contributed by atoms with Crippen molar-refractivity contribution in [1.29, 1.82) is 0 Å². The van der Waals surface area contributed by atoms with Crippen molar-refractivity contribution in [2.75, 3.05) is 30.9 Å². The summed E-state index contributed by atoms with van der Waals surface area (Å²) in [7, 11) is 3.90. The number of hydrogen-bond acceptors (Lipinski definition) is 3. The zero-order chi connectivity index (χ0) is 8.97. The fourth-order valence-electron chi connectivity index (χ4n) is 0.937. The molecule has 0 aromatic carbocycles. The lowest BCUT2D eigenvalue weighted by Gasteiger charge is -2.15. The van der Waals surface area contributed by atoms with E-state index in [1.165, 1.54) is 0 Å². The standard InChI is InChI=1S/C9H15N3/c1-4-12(3)9-7-5-6-8(10-2)11-9/h5-7H,4H2,1-3H3,(H,10,11). The first kappa shape index (κ1) is 8.84. The Balaban J connectivity index is 2.86. The number of aromatic nitrogens is 1. The van der Waals surface area contributed by atoms with Crippen LogP contribution in [0.15, 0.2) is 18.2 Å². The minimum atomic E-state index is 0.910. The van der Waals surface area contributed by atoms with Gasteiger partial charge in [0, 0.05) is 20.6 Å². The number of nitrogens with one attached hydrogen (secondary N) is 1.